The summed E-state index contributed by atoms with van der Waals surface area (Å²) < 4.78 is 0. The third-order valence-corrected chi connectivity index (χ3v) is 3.33. The predicted molar refractivity (Wildman–Crippen MR) is 73.0 cm³/mol. The lowest BCUT2D eigenvalue weighted by Crippen LogP contribution is -2.17. The molecule has 6 heteroatoms. The molecule has 1 aliphatic rings. The number of nitrogens with two attached hydrogens (primary N) is 1. The summed E-state index contributed by atoms with van der Waals surface area (Å²) in [5.41, 5.74) is 8.12. The van der Waals surface area contributed by atoms with Crippen molar-refractivity contribution in [3.05, 3.63) is 35.4 Å². The van der Waals surface area contributed by atoms with Crippen LogP contribution in [0.5, 0.6) is 0 Å². The number of rotatable bonds is 2. The Morgan fingerprint density at radius 3 is 2.89 bits per heavy atom. The molecule has 0 bridgehead atoms. The Bertz CT molecular complexity index is 610. The van der Waals surface area contributed by atoms with Crippen LogP contribution in [0, 0.1) is 0 Å². The normalized spacial score (nSPS) is 17.3. The van der Waals surface area contributed by atoms with Crippen molar-refractivity contribution in [1.82, 2.24) is 19.9 Å². The topological polar surface area (TPSA) is 80.8 Å². The second-order valence-electron chi connectivity index (χ2n) is 4.89. The third-order valence-electron chi connectivity index (χ3n) is 3.33. The van der Waals surface area contributed by atoms with E-state index in [4.69, 9.17) is 5.73 Å². The van der Waals surface area contributed by atoms with Crippen LogP contribution in [0.1, 0.15) is 29.4 Å². The Labute approximate surface area is 111 Å². The van der Waals surface area contributed by atoms with Crippen molar-refractivity contribution in [2.24, 2.45) is 0 Å². The average Bonchev–Trinajstić information content (AvgIpc) is 2.81. The van der Waals surface area contributed by atoms with Crippen LogP contribution in [0.15, 0.2) is 18.3 Å². The molecule has 2 aromatic rings. The molecule has 0 aliphatic heterocycles. The van der Waals surface area contributed by atoms with Gasteiger partial charge < -0.3 is 10.6 Å². The Balaban J connectivity index is 2.04. The maximum absolute atomic E-state index is 5.78. The average molecular weight is 256 g/mol. The molecule has 98 valence electrons. The Kier molecular flexibility index (Phi) is 2.77. The highest BCUT2D eigenvalue weighted by Crippen LogP contribution is 2.35. The second kappa shape index (κ2) is 4.46. The van der Waals surface area contributed by atoms with Gasteiger partial charge in [0.05, 0.1) is 11.6 Å². The molecule has 19 heavy (non-hydrogen) atoms. The van der Waals surface area contributed by atoms with Gasteiger partial charge in [0.2, 0.25) is 11.9 Å². The Morgan fingerprint density at radius 1 is 1.26 bits per heavy atom. The Hall–Kier alpha value is -2.24. The fourth-order valence-corrected chi connectivity index (χ4v) is 2.42. The number of aryl methyl sites for hydroxylation is 1. The molecule has 1 unspecified atom stereocenters. The van der Waals surface area contributed by atoms with Crippen molar-refractivity contribution in [3.63, 3.8) is 0 Å². The van der Waals surface area contributed by atoms with Crippen molar-refractivity contribution in [3.8, 4) is 0 Å². The van der Waals surface area contributed by atoms with Crippen LogP contribution in [0.3, 0.4) is 0 Å². The van der Waals surface area contributed by atoms with Crippen LogP contribution in [0.2, 0.25) is 0 Å². The molecule has 3 rings (SSSR count). The van der Waals surface area contributed by atoms with Gasteiger partial charge in [-0.25, -0.2) is 0 Å². The van der Waals surface area contributed by atoms with Crippen LogP contribution < -0.4 is 10.6 Å². The Morgan fingerprint density at radius 2 is 2.11 bits per heavy atom. The third kappa shape index (κ3) is 2.09. The molecule has 2 N–H and O–H groups in total. The van der Waals surface area contributed by atoms with Gasteiger partial charge in [-0.05, 0) is 24.5 Å². The number of hydrogen-bond donors (Lipinski definition) is 1. The first-order valence-electron chi connectivity index (χ1n) is 6.27. The lowest BCUT2D eigenvalue weighted by Gasteiger charge is -2.14. The van der Waals surface area contributed by atoms with Crippen molar-refractivity contribution in [2.45, 2.75) is 18.8 Å². The summed E-state index contributed by atoms with van der Waals surface area (Å²) >= 11 is 0. The zero-order valence-electron chi connectivity index (χ0n) is 11.0. The molecule has 2 aromatic heterocycles. The first-order valence-corrected chi connectivity index (χ1v) is 6.27. The molecule has 2 heterocycles. The van der Waals surface area contributed by atoms with Crippen molar-refractivity contribution in [1.29, 1.82) is 0 Å². The van der Waals surface area contributed by atoms with Crippen molar-refractivity contribution >= 4 is 11.9 Å². The van der Waals surface area contributed by atoms with Crippen LogP contribution in [-0.2, 0) is 6.42 Å². The molecule has 1 aliphatic carbocycles. The van der Waals surface area contributed by atoms with E-state index in [0.29, 0.717) is 11.8 Å². The van der Waals surface area contributed by atoms with Gasteiger partial charge in [0.25, 0.3) is 0 Å². The fourth-order valence-electron chi connectivity index (χ4n) is 2.42. The van der Waals surface area contributed by atoms with E-state index in [9.17, 15) is 0 Å². The van der Waals surface area contributed by atoms with Crippen LogP contribution in [0.25, 0.3) is 0 Å². The van der Waals surface area contributed by atoms with E-state index in [-0.39, 0.29) is 11.9 Å². The first-order chi connectivity index (χ1) is 9.15. The molecule has 0 fully saturated rings. The number of nitrogens with zero attached hydrogens (tertiary/aromatic N) is 5. The first kappa shape index (κ1) is 11.8. The lowest BCUT2D eigenvalue weighted by atomic mass is 10.1. The zero-order chi connectivity index (χ0) is 13.4. The van der Waals surface area contributed by atoms with Gasteiger partial charge in [-0.2, -0.15) is 15.0 Å². The number of pyridine rings is 1. The van der Waals surface area contributed by atoms with E-state index in [1.54, 1.807) is 0 Å². The van der Waals surface area contributed by atoms with Gasteiger partial charge in [-0.1, -0.05) is 6.07 Å². The maximum Gasteiger partial charge on any atom is 0.229 e. The van der Waals surface area contributed by atoms with Gasteiger partial charge in [0, 0.05) is 20.3 Å². The highest BCUT2D eigenvalue weighted by atomic mass is 15.3. The van der Waals surface area contributed by atoms with E-state index in [1.807, 2.05) is 31.3 Å². The van der Waals surface area contributed by atoms with Gasteiger partial charge in [-0.15, -0.1) is 0 Å². The van der Waals surface area contributed by atoms with Crippen molar-refractivity contribution in [2.75, 3.05) is 24.7 Å². The lowest BCUT2D eigenvalue weighted by molar-refractivity contribution is 0.707. The van der Waals surface area contributed by atoms with Crippen LogP contribution in [-0.4, -0.2) is 34.0 Å². The number of fused-ring (bicyclic) bond motifs is 1. The highest BCUT2D eigenvalue weighted by Gasteiger charge is 2.28. The molecule has 1 atom stereocenters. The minimum Gasteiger partial charge on any atom is -0.368 e. The molecular weight excluding hydrogens is 240 g/mol. The number of anilines is 2. The summed E-state index contributed by atoms with van der Waals surface area (Å²) in [7, 11) is 3.78. The molecule has 0 aromatic carbocycles. The molecular formula is C13H16N6. The number of aromatic nitrogens is 4. The number of nitrogen functional groups attached to an aromatic ring is 1. The maximum atomic E-state index is 5.78. The van der Waals surface area contributed by atoms with Gasteiger partial charge >= 0.3 is 0 Å². The SMILES string of the molecule is CN(C)c1nc(N)nc(C2CCc3cccnc32)n1. The summed E-state index contributed by atoms with van der Waals surface area (Å²) in [4.78, 5) is 19.2. The molecule has 0 saturated heterocycles. The van der Waals surface area contributed by atoms with Gasteiger partial charge in [-0.3, -0.25) is 4.98 Å². The largest absolute Gasteiger partial charge is 0.368 e. The molecule has 0 radical (unpaired) electrons. The quantitative estimate of drug-likeness (QED) is 0.863. The van der Waals surface area contributed by atoms with E-state index in [1.165, 1.54) is 5.56 Å². The molecule has 0 saturated carbocycles. The standard InChI is InChI=1S/C13H16N6/c1-19(2)13-17-11(16-12(14)18-13)9-6-5-8-4-3-7-15-10(8)9/h3-4,7,9H,5-6H2,1-2H3,(H2,14,16,17,18). The summed E-state index contributed by atoms with van der Waals surface area (Å²) in [6, 6.07) is 4.08. The highest BCUT2D eigenvalue weighted by molar-refractivity contribution is 5.38. The van der Waals surface area contributed by atoms with Gasteiger partial charge in [0.1, 0.15) is 5.82 Å². The minimum absolute atomic E-state index is 0.125. The molecule has 0 amide bonds. The van der Waals surface area contributed by atoms with E-state index in [2.05, 4.69) is 26.0 Å². The molecule has 6 nitrogen and oxygen atoms in total. The smallest absolute Gasteiger partial charge is 0.229 e. The van der Waals surface area contributed by atoms with Crippen LogP contribution >= 0.6 is 0 Å². The summed E-state index contributed by atoms with van der Waals surface area (Å²) in [6.07, 6.45) is 3.80. The van der Waals surface area contributed by atoms with Crippen molar-refractivity contribution < 1.29 is 0 Å². The van der Waals surface area contributed by atoms with E-state index >= 15 is 0 Å². The monoisotopic (exact) mass is 256 g/mol. The fraction of sp³-hybridized carbons (Fsp3) is 0.385. The van der Waals surface area contributed by atoms with E-state index in [0.717, 1.165) is 18.5 Å². The zero-order valence-corrected chi connectivity index (χ0v) is 11.0. The van der Waals surface area contributed by atoms with E-state index < -0.39 is 0 Å². The van der Waals surface area contributed by atoms with Gasteiger partial charge in [0.15, 0.2) is 0 Å². The molecule has 0 spiro atoms. The minimum atomic E-state index is 0.125. The summed E-state index contributed by atoms with van der Waals surface area (Å²) in [5, 5.41) is 0. The summed E-state index contributed by atoms with van der Waals surface area (Å²) in [5.74, 6) is 1.69. The summed E-state index contributed by atoms with van der Waals surface area (Å²) in [6.45, 7) is 0. The number of hydrogen-bond acceptors (Lipinski definition) is 6. The van der Waals surface area contributed by atoms with Crippen LogP contribution in [0.4, 0.5) is 11.9 Å². The second-order valence-corrected chi connectivity index (χ2v) is 4.89. The predicted octanol–water partition coefficient (Wildman–Crippen LogP) is 0.993.